The highest BCUT2D eigenvalue weighted by molar-refractivity contribution is 6.07. The fourth-order valence-corrected chi connectivity index (χ4v) is 3.22. The van der Waals surface area contributed by atoms with Crippen molar-refractivity contribution in [2.75, 3.05) is 6.54 Å². The van der Waals surface area contributed by atoms with Gasteiger partial charge in [-0.05, 0) is 37.1 Å². The van der Waals surface area contributed by atoms with Crippen LogP contribution >= 0.6 is 0 Å². The van der Waals surface area contributed by atoms with Crippen molar-refractivity contribution in [2.24, 2.45) is 0 Å². The zero-order chi connectivity index (χ0) is 19.3. The van der Waals surface area contributed by atoms with Crippen LogP contribution < -0.4 is 5.32 Å². The molecular formula is C22H21N5O. The molecule has 4 aromatic rings. The molecule has 1 aromatic carbocycles. The monoisotopic (exact) mass is 371 g/mol. The molecule has 0 radical (unpaired) electrons. The lowest BCUT2D eigenvalue weighted by molar-refractivity contribution is 0.0954. The largest absolute Gasteiger partial charge is 0.352 e. The highest BCUT2D eigenvalue weighted by Gasteiger charge is 2.15. The van der Waals surface area contributed by atoms with Gasteiger partial charge in [-0.25, -0.2) is 9.97 Å². The zero-order valence-corrected chi connectivity index (χ0v) is 15.7. The smallest absolute Gasteiger partial charge is 0.252 e. The molecule has 6 nitrogen and oxygen atoms in total. The van der Waals surface area contributed by atoms with Crippen LogP contribution in [0.5, 0.6) is 0 Å². The van der Waals surface area contributed by atoms with E-state index in [1.54, 1.807) is 24.9 Å². The van der Waals surface area contributed by atoms with Crippen LogP contribution in [0.3, 0.4) is 0 Å². The fraction of sp³-hybridized carbons (Fsp3) is 0.182. The van der Waals surface area contributed by atoms with Gasteiger partial charge < -0.3 is 9.88 Å². The van der Waals surface area contributed by atoms with Gasteiger partial charge in [0.15, 0.2) is 0 Å². The number of pyridine rings is 2. The number of carbonyl (C=O) groups is 1. The molecule has 0 bridgehead atoms. The highest BCUT2D eigenvalue weighted by atomic mass is 16.1. The Labute approximate surface area is 163 Å². The van der Waals surface area contributed by atoms with Gasteiger partial charge in [-0.2, -0.15) is 0 Å². The summed E-state index contributed by atoms with van der Waals surface area (Å²) in [5.74, 6) is -0.0891. The van der Waals surface area contributed by atoms with E-state index in [2.05, 4.69) is 15.3 Å². The summed E-state index contributed by atoms with van der Waals surface area (Å²) in [6.07, 6.45) is 9.77. The number of nitrogens with zero attached hydrogens (tertiary/aromatic N) is 4. The van der Waals surface area contributed by atoms with Crippen molar-refractivity contribution >= 4 is 16.8 Å². The van der Waals surface area contributed by atoms with E-state index < -0.39 is 0 Å². The van der Waals surface area contributed by atoms with E-state index in [4.69, 9.17) is 4.98 Å². The number of carbonyl (C=O) groups excluding carboxylic acids is 1. The Morgan fingerprint density at radius 2 is 2.07 bits per heavy atom. The number of hydrogen-bond donors (Lipinski definition) is 1. The van der Waals surface area contributed by atoms with E-state index in [0.717, 1.165) is 40.7 Å². The number of imidazole rings is 1. The van der Waals surface area contributed by atoms with Crippen LogP contribution in [-0.2, 0) is 6.54 Å². The second-order valence-electron chi connectivity index (χ2n) is 6.68. The first kappa shape index (κ1) is 17.9. The molecule has 4 rings (SSSR count). The Balaban J connectivity index is 1.61. The maximum Gasteiger partial charge on any atom is 0.252 e. The summed E-state index contributed by atoms with van der Waals surface area (Å²) < 4.78 is 2.00. The standard InChI is InChI=1S/C22H21N5O/c1-16-5-2-7-18-19(22(28)25-9-4-11-27-12-10-24-15-27)13-20(26-21(16)18)17-6-3-8-23-14-17/h2-3,5-8,10,12-15H,4,9,11H2,1H3,(H,25,28). The van der Waals surface area contributed by atoms with Crippen LogP contribution in [0.15, 0.2) is 67.5 Å². The van der Waals surface area contributed by atoms with Gasteiger partial charge in [0.05, 0.1) is 23.1 Å². The van der Waals surface area contributed by atoms with Gasteiger partial charge >= 0.3 is 0 Å². The van der Waals surface area contributed by atoms with Crippen molar-refractivity contribution in [3.8, 4) is 11.3 Å². The van der Waals surface area contributed by atoms with Gasteiger partial charge in [0.2, 0.25) is 0 Å². The molecule has 3 aromatic heterocycles. The lowest BCUT2D eigenvalue weighted by Crippen LogP contribution is -2.25. The Bertz CT molecular complexity index is 1090. The van der Waals surface area contributed by atoms with Gasteiger partial charge in [-0.15, -0.1) is 0 Å². The molecule has 140 valence electrons. The SMILES string of the molecule is Cc1cccc2c(C(=O)NCCCn3ccnc3)cc(-c3cccnc3)nc12. The first-order chi connectivity index (χ1) is 13.7. The molecule has 0 aliphatic rings. The molecule has 0 aliphatic heterocycles. The van der Waals surface area contributed by atoms with E-state index in [1.165, 1.54) is 0 Å². The summed E-state index contributed by atoms with van der Waals surface area (Å²) in [5.41, 5.74) is 4.15. The first-order valence-electron chi connectivity index (χ1n) is 9.27. The predicted octanol–water partition coefficient (Wildman–Crippen LogP) is 3.62. The molecule has 3 heterocycles. The molecule has 1 N–H and O–H groups in total. The van der Waals surface area contributed by atoms with Crippen molar-refractivity contribution in [3.63, 3.8) is 0 Å². The van der Waals surface area contributed by atoms with Crippen LogP contribution in [0, 0.1) is 6.92 Å². The number of fused-ring (bicyclic) bond motifs is 1. The lowest BCUT2D eigenvalue weighted by atomic mass is 10.0. The minimum Gasteiger partial charge on any atom is -0.352 e. The van der Waals surface area contributed by atoms with E-state index in [1.807, 2.05) is 54.1 Å². The van der Waals surface area contributed by atoms with E-state index >= 15 is 0 Å². The van der Waals surface area contributed by atoms with Crippen LogP contribution in [0.2, 0.25) is 0 Å². The number of para-hydroxylation sites is 1. The number of rotatable bonds is 6. The lowest BCUT2D eigenvalue weighted by Gasteiger charge is -2.12. The number of nitrogens with one attached hydrogen (secondary N) is 1. The van der Waals surface area contributed by atoms with Crippen LogP contribution in [-0.4, -0.2) is 32.0 Å². The zero-order valence-electron chi connectivity index (χ0n) is 15.7. The molecule has 1 amide bonds. The quantitative estimate of drug-likeness (QED) is 0.526. The third-order valence-corrected chi connectivity index (χ3v) is 4.68. The Morgan fingerprint density at radius 1 is 1.14 bits per heavy atom. The Kier molecular flexibility index (Phi) is 5.10. The molecule has 0 spiro atoms. The molecule has 0 fully saturated rings. The highest BCUT2D eigenvalue weighted by Crippen LogP contribution is 2.26. The van der Waals surface area contributed by atoms with Gasteiger partial charge in [0.25, 0.3) is 5.91 Å². The predicted molar refractivity (Wildman–Crippen MR) is 109 cm³/mol. The second-order valence-corrected chi connectivity index (χ2v) is 6.68. The van der Waals surface area contributed by atoms with Crippen molar-refractivity contribution in [1.29, 1.82) is 0 Å². The second kappa shape index (κ2) is 8.00. The van der Waals surface area contributed by atoms with E-state index in [0.29, 0.717) is 12.1 Å². The van der Waals surface area contributed by atoms with Crippen LogP contribution in [0.4, 0.5) is 0 Å². The Hall–Kier alpha value is -3.54. The van der Waals surface area contributed by atoms with Crippen LogP contribution in [0.1, 0.15) is 22.3 Å². The number of aryl methyl sites for hydroxylation is 2. The maximum absolute atomic E-state index is 12.9. The van der Waals surface area contributed by atoms with Crippen LogP contribution in [0.25, 0.3) is 22.2 Å². The molecular weight excluding hydrogens is 350 g/mol. The first-order valence-corrected chi connectivity index (χ1v) is 9.27. The molecule has 0 aliphatic carbocycles. The number of benzene rings is 1. The summed E-state index contributed by atoms with van der Waals surface area (Å²) in [4.78, 5) is 25.9. The van der Waals surface area contributed by atoms with Gasteiger partial charge in [-0.1, -0.05) is 18.2 Å². The summed E-state index contributed by atoms with van der Waals surface area (Å²) in [7, 11) is 0. The minimum absolute atomic E-state index is 0.0891. The van der Waals surface area contributed by atoms with Crippen molar-refractivity contribution in [2.45, 2.75) is 19.9 Å². The van der Waals surface area contributed by atoms with Crippen molar-refractivity contribution in [1.82, 2.24) is 24.8 Å². The third-order valence-electron chi connectivity index (χ3n) is 4.68. The summed E-state index contributed by atoms with van der Waals surface area (Å²) in [6, 6.07) is 11.6. The normalized spacial score (nSPS) is 10.9. The number of hydrogen-bond acceptors (Lipinski definition) is 4. The summed E-state index contributed by atoms with van der Waals surface area (Å²) in [5, 5.41) is 3.90. The third kappa shape index (κ3) is 3.76. The summed E-state index contributed by atoms with van der Waals surface area (Å²) in [6.45, 7) is 3.42. The minimum atomic E-state index is -0.0891. The van der Waals surface area contributed by atoms with E-state index in [-0.39, 0.29) is 5.91 Å². The molecule has 0 saturated heterocycles. The van der Waals surface area contributed by atoms with E-state index in [9.17, 15) is 4.79 Å². The average molecular weight is 371 g/mol. The average Bonchev–Trinajstić information content (AvgIpc) is 3.25. The van der Waals surface area contributed by atoms with Gasteiger partial charge in [0.1, 0.15) is 0 Å². The van der Waals surface area contributed by atoms with Gasteiger partial charge in [0, 0.05) is 48.8 Å². The fourth-order valence-electron chi connectivity index (χ4n) is 3.22. The molecule has 28 heavy (non-hydrogen) atoms. The number of amides is 1. The maximum atomic E-state index is 12.9. The molecule has 0 unspecified atom stereocenters. The molecule has 0 atom stereocenters. The molecule has 0 saturated carbocycles. The Morgan fingerprint density at radius 3 is 2.86 bits per heavy atom. The number of aromatic nitrogens is 4. The summed E-state index contributed by atoms with van der Waals surface area (Å²) >= 11 is 0. The van der Waals surface area contributed by atoms with Crippen molar-refractivity contribution < 1.29 is 4.79 Å². The van der Waals surface area contributed by atoms with Gasteiger partial charge in [-0.3, -0.25) is 9.78 Å². The topological polar surface area (TPSA) is 72.7 Å². The molecule has 6 heteroatoms. The van der Waals surface area contributed by atoms with Crippen molar-refractivity contribution in [3.05, 3.63) is 78.6 Å².